The van der Waals surface area contributed by atoms with Crippen molar-refractivity contribution in [3.8, 4) is 0 Å². The molecule has 1 atom stereocenters. The summed E-state index contributed by atoms with van der Waals surface area (Å²) in [6.07, 6.45) is 2.50. The van der Waals surface area contributed by atoms with Gasteiger partial charge in [0.05, 0.1) is 31.6 Å². The van der Waals surface area contributed by atoms with Gasteiger partial charge >= 0.3 is 0 Å². The average molecular weight is 416 g/mol. The number of hydrogen-bond acceptors (Lipinski definition) is 6. The molecule has 2 fully saturated rings. The van der Waals surface area contributed by atoms with E-state index in [1.54, 1.807) is 0 Å². The van der Waals surface area contributed by atoms with E-state index in [1.807, 2.05) is 17.9 Å². The highest BCUT2D eigenvalue weighted by Crippen LogP contribution is 2.26. The maximum absolute atomic E-state index is 12.8. The summed E-state index contributed by atoms with van der Waals surface area (Å²) in [5.74, 6) is 1.12. The first-order valence-corrected chi connectivity index (χ1v) is 11.3. The van der Waals surface area contributed by atoms with Gasteiger partial charge in [-0.15, -0.1) is 10.2 Å². The molecule has 0 aliphatic carbocycles. The van der Waals surface area contributed by atoms with Crippen molar-refractivity contribution in [1.82, 2.24) is 24.6 Å². The molecule has 0 bridgehead atoms. The van der Waals surface area contributed by atoms with E-state index in [9.17, 15) is 4.79 Å². The number of thioether (sulfide) groups is 1. The highest BCUT2D eigenvalue weighted by atomic mass is 32.2. The van der Waals surface area contributed by atoms with Crippen molar-refractivity contribution >= 4 is 17.7 Å². The molecular weight excluding hydrogens is 386 g/mol. The molecule has 3 heterocycles. The molecule has 2 aliphatic heterocycles. The largest absolute Gasteiger partial charge is 0.378 e. The minimum absolute atomic E-state index is 0.147. The number of morpholine rings is 1. The summed E-state index contributed by atoms with van der Waals surface area (Å²) in [4.78, 5) is 17.2. The summed E-state index contributed by atoms with van der Waals surface area (Å²) >= 11 is 1.51. The number of rotatable bonds is 7. The quantitative estimate of drug-likeness (QED) is 0.647. The monoisotopic (exact) mass is 415 g/mol. The van der Waals surface area contributed by atoms with Crippen LogP contribution in [0.2, 0.25) is 0 Å². The van der Waals surface area contributed by atoms with E-state index in [2.05, 4.69) is 43.9 Å². The number of amides is 1. The Balaban J connectivity index is 1.51. The molecule has 156 valence electrons. The molecule has 2 saturated heterocycles. The molecule has 0 saturated carbocycles. The lowest BCUT2D eigenvalue weighted by molar-refractivity contribution is -0.134. The van der Waals surface area contributed by atoms with Crippen LogP contribution in [-0.2, 0) is 22.6 Å². The highest BCUT2D eigenvalue weighted by Gasteiger charge is 2.26. The molecule has 8 heteroatoms. The van der Waals surface area contributed by atoms with Crippen molar-refractivity contribution in [3.05, 3.63) is 41.7 Å². The lowest BCUT2D eigenvalue weighted by Crippen LogP contribution is -2.44. The number of hydrogen-bond donors (Lipinski definition) is 0. The molecule has 7 nitrogen and oxygen atoms in total. The minimum atomic E-state index is -0.202. The van der Waals surface area contributed by atoms with Gasteiger partial charge in [-0.1, -0.05) is 42.1 Å². The molecule has 1 aromatic carbocycles. The lowest BCUT2D eigenvalue weighted by atomic mass is 10.2. The van der Waals surface area contributed by atoms with Gasteiger partial charge in [-0.3, -0.25) is 9.69 Å². The summed E-state index contributed by atoms with van der Waals surface area (Å²) in [7, 11) is 0. The Hall–Kier alpha value is -1.90. The zero-order chi connectivity index (χ0) is 20.1. The molecule has 0 radical (unpaired) electrons. The van der Waals surface area contributed by atoms with Gasteiger partial charge in [-0.25, -0.2) is 0 Å². The summed E-state index contributed by atoms with van der Waals surface area (Å²) in [5.41, 5.74) is 1.21. The standard InChI is InChI=1S/C21H29N5O2S/c1-17(20(27)25-11-13-28-14-12-25)29-21-23-22-19(16-24-9-5-6-10-24)26(21)15-18-7-3-2-4-8-18/h2-4,7-8,17H,5-6,9-16H2,1H3. The number of benzene rings is 1. The van der Waals surface area contributed by atoms with Crippen LogP contribution < -0.4 is 0 Å². The van der Waals surface area contributed by atoms with Crippen LogP contribution in [0, 0.1) is 0 Å². The van der Waals surface area contributed by atoms with Crippen LogP contribution in [0.15, 0.2) is 35.5 Å². The lowest BCUT2D eigenvalue weighted by Gasteiger charge is -2.29. The predicted molar refractivity (Wildman–Crippen MR) is 113 cm³/mol. The second kappa shape index (κ2) is 9.73. The minimum Gasteiger partial charge on any atom is -0.378 e. The fourth-order valence-corrected chi connectivity index (χ4v) is 4.79. The van der Waals surface area contributed by atoms with Crippen LogP contribution >= 0.6 is 11.8 Å². The van der Waals surface area contributed by atoms with Gasteiger partial charge in [0, 0.05) is 13.1 Å². The van der Waals surface area contributed by atoms with Gasteiger partial charge in [-0.2, -0.15) is 0 Å². The number of ether oxygens (including phenoxy) is 1. The van der Waals surface area contributed by atoms with E-state index >= 15 is 0 Å². The van der Waals surface area contributed by atoms with Crippen molar-refractivity contribution in [2.24, 2.45) is 0 Å². The summed E-state index contributed by atoms with van der Waals surface area (Å²) in [6.45, 7) is 8.30. The first-order valence-electron chi connectivity index (χ1n) is 10.4. The van der Waals surface area contributed by atoms with Crippen LogP contribution in [0.1, 0.15) is 31.2 Å². The van der Waals surface area contributed by atoms with Gasteiger partial charge < -0.3 is 14.2 Å². The Morgan fingerprint density at radius 2 is 1.79 bits per heavy atom. The van der Waals surface area contributed by atoms with E-state index in [0.717, 1.165) is 37.2 Å². The molecule has 1 aromatic heterocycles. The van der Waals surface area contributed by atoms with Crippen molar-refractivity contribution in [2.45, 2.75) is 43.3 Å². The molecule has 4 rings (SSSR count). The summed E-state index contributed by atoms with van der Waals surface area (Å²) in [6, 6.07) is 10.4. The Morgan fingerprint density at radius 3 is 2.52 bits per heavy atom. The Bertz CT molecular complexity index is 801. The molecule has 2 aromatic rings. The van der Waals surface area contributed by atoms with Gasteiger partial charge in [-0.05, 0) is 38.4 Å². The Labute approximate surface area is 176 Å². The number of aromatic nitrogens is 3. The van der Waals surface area contributed by atoms with Crippen LogP contribution in [0.3, 0.4) is 0 Å². The van der Waals surface area contributed by atoms with E-state index in [-0.39, 0.29) is 11.2 Å². The SMILES string of the molecule is CC(Sc1nnc(CN2CCCC2)n1Cc1ccccc1)C(=O)N1CCOCC1. The van der Waals surface area contributed by atoms with Gasteiger partial charge in [0.2, 0.25) is 5.91 Å². The van der Waals surface area contributed by atoms with E-state index in [0.29, 0.717) is 26.3 Å². The Morgan fingerprint density at radius 1 is 1.07 bits per heavy atom. The third-order valence-electron chi connectivity index (χ3n) is 5.49. The third-order valence-corrected chi connectivity index (χ3v) is 6.56. The Kier molecular flexibility index (Phi) is 6.84. The number of carbonyl (C=O) groups is 1. The van der Waals surface area contributed by atoms with Gasteiger partial charge in [0.1, 0.15) is 5.82 Å². The molecule has 1 amide bonds. The van der Waals surface area contributed by atoms with E-state index in [1.165, 1.54) is 30.2 Å². The van der Waals surface area contributed by atoms with Gasteiger partial charge in [0.15, 0.2) is 5.16 Å². The van der Waals surface area contributed by atoms with Crippen molar-refractivity contribution in [1.29, 1.82) is 0 Å². The first kappa shape index (κ1) is 20.4. The zero-order valence-corrected chi connectivity index (χ0v) is 17.8. The molecule has 0 spiro atoms. The van der Waals surface area contributed by atoms with E-state index < -0.39 is 0 Å². The van der Waals surface area contributed by atoms with Gasteiger partial charge in [0.25, 0.3) is 0 Å². The fraction of sp³-hybridized carbons (Fsp3) is 0.571. The summed E-state index contributed by atoms with van der Waals surface area (Å²) < 4.78 is 7.55. The second-order valence-electron chi connectivity index (χ2n) is 7.65. The van der Waals surface area contributed by atoms with Crippen LogP contribution in [-0.4, -0.2) is 75.1 Å². The molecular formula is C21H29N5O2S. The topological polar surface area (TPSA) is 63.5 Å². The van der Waals surface area contributed by atoms with Crippen molar-refractivity contribution < 1.29 is 9.53 Å². The molecule has 1 unspecified atom stereocenters. The summed E-state index contributed by atoms with van der Waals surface area (Å²) in [5, 5.41) is 9.60. The normalized spacial score (nSPS) is 18.9. The number of likely N-dealkylation sites (tertiary alicyclic amines) is 1. The maximum atomic E-state index is 12.8. The smallest absolute Gasteiger partial charge is 0.236 e. The van der Waals surface area contributed by atoms with Crippen LogP contribution in [0.5, 0.6) is 0 Å². The highest BCUT2D eigenvalue weighted by molar-refractivity contribution is 8.00. The number of carbonyl (C=O) groups excluding carboxylic acids is 1. The molecule has 0 N–H and O–H groups in total. The fourth-order valence-electron chi connectivity index (χ4n) is 3.84. The average Bonchev–Trinajstić information content (AvgIpc) is 3.40. The van der Waals surface area contributed by atoms with Crippen LogP contribution in [0.4, 0.5) is 0 Å². The zero-order valence-electron chi connectivity index (χ0n) is 17.0. The van der Waals surface area contributed by atoms with E-state index in [4.69, 9.17) is 4.74 Å². The molecule has 29 heavy (non-hydrogen) atoms. The maximum Gasteiger partial charge on any atom is 0.236 e. The number of nitrogens with zero attached hydrogens (tertiary/aromatic N) is 5. The first-order chi connectivity index (χ1) is 14.2. The van der Waals surface area contributed by atoms with Crippen molar-refractivity contribution in [3.63, 3.8) is 0 Å². The molecule has 2 aliphatic rings. The van der Waals surface area contributed by atoms with Crippen LogP contribution in [0.25, 0.3) is 0 Å². The third kappa shape index (κ3) is 5.18. The predicted octanol–water partition coefficient (Wildman–Crippen LogP) is 2.26. The second-order valence-corrected chi connectivity index (χ2v) is 8.96. The van der Waals surface area contributed by atoms with Crippen molar-refractivity contribution in [2.75, 3.05) is 39.4 Å².